The molecular weight excluding hydrogens is 354 g/mol. The monoisotopic (exact) mass is 361 g/mol. The molecule has 1 N–H and O–H groups in total. The number of hydrogen-bond donors (Lipinski definition) is 1. The van der Waals surface area contributed by atoms with Crippen LogP contribution in [-0.2, 0) is 0 Å². The predicted octanol–water partition coefficient (Wildman–Crippen LogP) is 4.71. The predicted molar refractivity (Wildman–Crippen MR) is 87.2 cm³/mol. The lowest BCUT2D eigenvalue weighted by Gasteiger charge is -2.00. The Morgan fingerprint density at radius 1 is 1.19 bits per heavy atom. The average molecular weight is 362 g/mol. The minimum atomic E-state index is -0.273. The van der Waals surface area contributed by atoms with Crippen LogP contribution >= 0.6 is 27.3 Å². The molecule has 0 unspecified atom stereocenters. The Morgan fingerprint density at radius 3 is 2.67 bits per heavy atom. The number of nitrogens with zero attached hydrogens (tertiary/aromatic N) is 2. The molecule has 0 aliphatic rings. The molecule has 0 spiro atoms. The van der Waals surface area contributed by atoms with Gasteiger partial charge < -0.3 is 0 Å². The smallest absolute Gasteiger partial charge is 0.257 e. The summed E-state index contributed by atoms with van der Waals surface area (Å²) in [5.41, 5.74) is 1.57. The molecule has 0 aliphatic heterocycles. The quantitative estimate of drug-likeness (QED) is 0.686. The van der Waals surface area contributed by atoms with Gasteiger partial charge in [-0.05, 0) is 47.6 Å². The van der Waals surface area contributed by atoms with Gasteiger partial charge in [-0.2, -0.15) is 0 Å². The van der Waals surface area contributed by atoms with Crippen molar-refractivity contribution in [3.63, 3.8) is 0 Å². The van der Waals surface area contributed by atoms with E-state index >= 15 is 0 Å². The number of carbonyl (C=O) groups excluding carboxylic acids is 1. The first-order valence-corrected chi connectivity index (χ1v) is 7.57. The van der Waals surface area contributed by atoms with Gasteiger partial charge in [0.05, 0.1) is 10.2 Å². The number of thiazole rings is 1. The molecule has 3 rings (SSSR count). The normalized spacial score (nSPS) is 10.5. The van der Waals surface area contributed by atoms with Crippen molar-refractivity contribution in [2.75, 3.05) is 5.32 Å². The summed E-state index contributed by atoms with van der Waals surface area (Å²) in [7, 11) is 0. The lowest BCUT2D eigenvalue weighted by atomic mass is 10.2. The Labute approximate surface area is 132 Å². The van der Waals surface area contributed by atoms with Crippen LogP contribution in [-0.4, -0.2) is 10.9 Å². The van der Waals surface area contributed by atoms with Crippen molar-refractivity contribution in [3.05, 3.63) is 57.4 Å². The van der Waals surface area contributed by atoms with Crippen molar-refractivity contribution in [3.8, 4) is 0 Å². The lowest BCUT2D eigenvalue weighted by Crippen LogP contribution is -2.11. The van der Waals surface area contributed by atoms with E-state index in [1.807, 2.05) is 18.2 Å². The molecule has 104 valence electrons. The van der Waals surface area contributed by atoms with E-state index in [9.17, 15) is 9.70 Å². The lowest BCUT2D eigenvalue weighted by molar-refractivity contribution is 0.102. The van der Waals surface area contributed by atoms with Gasteiger partial charge in [0.15, 0.2) is 5.13 Å². The van der Waals surface area contributed by atoms with E-state index in [4.69, 9.17) is 0 Å². The number of fused-ring (bicyclic) bond motifs is 1. The molecule has 1 heterocycles. The third-order valence-electron chi connectivity index (χ3n) is 2.81. The molecule has 1 aromatic heterocycles. The maximum Gasteiger partial charge on any atom is 0.257 e. The fourth-order valence-corrected chi connectivity index (χ4v) is 3.21. The second-order valence-electron chi connectivity index (χ2n) is 4.22. The van der Waals surface area contributed by atoms with Gasteiger partial charge in [-0.15, -0.1) is 4.91 Å². The van der Waals surface area contributed by atoms with Gasteiger partial charge in [-0.3, -0.25) is 10.1 Å². The van der Waals surface area contributed by atoms with Crippen LogP contribution in [0.3, 0.4) is 0 Å². The van der Waals surface area contributed by atoms with Gasteiger partial charge in [0, 0.05) is 10.0 Å². The number of anilines is 1. The number of halogens is 1. The fourth-order valence-electron chi connectivity index (χ4n) is 1.79. The molecule has 1 amide bonds. The second-order valence-corrected chi connectivity index (χ2v) is 6.17. The Hall–Kier alpha value is -2.12. The maximum absolute atomic E-state index is 12.1. The SMILES string of the molecule is O=Nc1ccc(C(=O)Nc2nc3ccc(Br)cc3s2)cc1. The number of aromatic nitrogens is 1. The first-order chi connectivity index (χ1) is 10.2. The zero-order valence-corrected chi connectivity index (χ0v) is 12.9. The van der Waals surface area contributed by atoms with E-state index < -0.39 is 0 Å². The Morgan fingerprint density at radius 2 is 1.95 bits per heavy atom. The van der Waals surface area contributed by atoms with Crippen LogP contribution in [0.1, 0.15) is 10.4 Å². The number of benzene rings is 2. The maximum atomic E-state index is 12.1. The molecule has 21 heavy (non-hydrogen) atoms. The summed E-state index contributed by atoms with van der Waals surface area (Å²) in [6, 6.07) is 11.8. The van der Waals surface area contributed by atoms with Gasteiger partial charge in [-0.25, -0.2) is 4.98 Å². The van der Waals surface area contributed by atoms with Gasteiger partial charge in [0.1, 0.15) is 5.69 Å². The summed E-state index contributed by atoms with van der Waals surface area (Å²) >= 11 is 4.80. The number of rotatable bonds is 3. The molecule has 0 fully saturated rings. The molecule has 3 aromatic rings. The highest BCUT2D eigenvalue weighted by Crippen LogP contribution is 2.28. The highest BCUT2D eigenvalue weighted by Gasteiger charge is 2.10. The summed E-state index contributed by atoms with van der Waals surface area (Å²) in [6.45, 7) is 0. The van der Waals surface area contributed by atoms with Crippen molar-refractivity contribution < 1.29 is 4.79 Å². The summed E-state index contributed by atoms with van der Waals surface area (Å²) in [6.07, 6.45) is 0. The minimum absolute atomic E-state index is 0.273. The van der Waals surface area contributed by atoms with Crippen LogP contribution in [0.25, 0.3) is 10.2 Å². The molecule has 0 saturated carbocycles. The number of amides is 1. The van der Waals surface area contributed by atoms with Crippen LogP contribution in [0.5, 0.6) is 0 Å². The van der Waals surface area contributed by atoms with E-state index in [1.54, 1.807) is 12.1 Å². The highest BCUT2D eigenvalue weighted by molar-refractivity contribution is 9.10. The molecule has 2 aromatic carbocycles. The standard InChI is InChI=1S/C14H8BrN3O2S/c15-9-3-6-11-12(7-9)21-14(16-11)17-13(19)8-1-4-10(18-20)5-2-8/h1-7H,(H,16,17,19). The summed E-state index contributed by atoms with van der Waals surface area (Å²) in [5, 5.41) is 6.08. The molecule has 0 saturated heterocycles. The third-order valence-corrected chi connectivity index (χ3v) is 4.23. The minimum Gasteiger partial charge on any atom is -0.298 e. The zero-order valence-electron chi connectivity index (χ0n) is 10.5. The largest absolute Gasteiger partial charge is 0.298 e. The fraction of sp³-hybridized carbons (Fsp3) is 0. The summed E-state index contributed by atoms with van der Waals surface area (Å²) < 4.78 is 1.95. The number of hydrogen-bond acceptors (Lipinski definition) is 5. The topological polar surface area (TPSA) is 71.4 Å². The van der Waals surface area contributed by atoms with E-state index in [0.29, 0.717) is 10.7 Å². The van der Waals surface area contributed by atoms with Crippen molar-refractivity contribution >= 4 is 54.2 Å². The van der Waals surface area contributed by atoms with Crippen LogP contribution in [0, 0.1) is 4.91 Å². The van der Waals surface area contributed by atoms with E-state index in [2.05, 4.69) is 31.4 Å². The van der Waals surface area contributed by atoms with Crippen molar-refractivity contribution in [1.29, 1.82) is 0 Å². The summed E-state index contributed by atoms with van der Waals surface area (Å²) in [4.78, 5) is 26.8. The van der Waals surface area contributed by atoms with Crippen LogP contribution in [0.4, 0.5) is 10.8 Å². The van der Waals surface area contributed by atoms with E-state index in [0.717, 1.165) is 14.7 Å². The molecule has 0 bridgehead atoms. The molecule has 0 aliphatic carbocycles. The molecular formula is C14H8BrN3O2S. The Balaban J connectivity index is 1.83. The van der Waals surface area contributed by atoms with Gasteiger partial charge in [0.2, 0.25) is 0 Å². The molecule has 7 heteroatoms. The first-order valence-electron chi connectivity index (χ1n) is 5.96. The van der Waals surface area contributed by atoms with Crippen LogP contribution < -0.4 is 5.32 Å². The van der Waals surface area contributed by atoms with Crippen molar-refractivity contribution in [1.82, 2.24) is 4.98 Å². The number of carbonyl (C=O) groups is 1. The van der Waals surface area contributed by atoms with Crippen LogP contribution in [0.2, 0.25) is 0 Å². The highest BCUT2D eigenvalue weighted by atomic mass is 79.9. The van der Waals surface area contributed by atoms with Gasteiger partial charge >= 0.3 is 0 Å². The van der Waals surface area contributed by atoms with Crippen LogP contribution in [0.15, 0.2) is 52.1 Å². The summed E-state index contributed by atoms with van der Waals surface area (Å²) in [5.74, 6) is -0.273. The molecule has 5 nitrogen and oxygen atoms in total. The zero-order chi connectivity index (χ0) is 14.8. The Kier molecular flexibility index (Phi) is 3.76. The van der Waals surface area contributed by atoms with Crippen molar-refractivity contribution in [2.45, 2.75) is 0 Å². The Bertz CT molecular complexity index is 830. The van der Waals surface area contributed by atoms with Gasteiger partial charge in [-0.1, -0.05) is 27.3 Å². The average Bonchev–Trinajstić information content (AvgIpc) is 2.88. The number of nitrogens with one attached hydrogen (secondary N) is 1. The molecule has 0 atom stereocenters. The number of nitroso groups, excluding NO2 is 1. The van der Waals surface area contributed by atoms with Gasteiger partial charge in [0.25, 0.3) is 5.91 Å². The van der Waals surface area contributed by atoms with E-state index in [1.165, 1.54) is 23.5 Å². The molecule has 0 radical (unpaired) electrons. The second kappa shape index (κ2) is 5.71. The van der Waals surface area contributed by atoms with E-state index in [-0.39, 0.29) is 11.6 Å². The van der Waals surface area contributed by atoms with Crippen molar-refractivity contribution in [2.24, 2.45) is 5.18 Å². The third kappa shape index (κ3) is 2.98. The first kappa shape index (κ1) is 13.8.